The fraction of sp³-hybridized carbons (Fsp3) is 0.552. The highest BCUT2D eigenvalue weighted by Gasteiger charge is 2.36. The number of amides is 1. The summed E-state index contributed by atoms with van der Waals surface area (Å²) in [5.41, 5.74) is 4.25. The molecule has 1 saturated heterocycles. The molecule has 0 atom stereocenters. The van der Waals surface area contributed by atoms with Crippen molar-refractivity contribution in [2.24, 2.45) is 5.41 Å². The number of piperidine rings is 1. The summed E-state index contributed by atoms with van der Waals surface area (Å²) in [7, 11) is 1.95. The number of ether oxygens (including phenoxy) is 1. The molecule has 4 rings (SSSR count). The van der Waals surface area contributed by atoms with Crippen LogP contribution in [0.1, 0.15) is 68.6 Å². The number of para-hydroxylation sites is 1. The summed E-state index contributed by atoms with van der Waals surface area (Å²) in [6, 6.07) is 17.3. The zero-order valence-corrected chi connectivity index (χ0v) is 20.7. The number of hydrogen-bond donors (Lipinski definition) is 0. The van der Waals surface area contributed by atoms with Gasteiger partial charge in [0.1, 0.15) is 5.75 Å². The predicted octanol–water partition coefficient (Wildman–Crippen LogP) is 5.66. The van der Waals surface area contributed by atoms with Crippen LogP contribution in [0.5, 0.6) is 5.75 Å². The molecule has 1 spiro atoms. The molecule has 2 aromatic rings. The van der Waals surface area contributed by atoms with E-state index in [0.717, 1.165) is 51.2 Å². The Balaban J connectivity index is 1.38. The van der Waals surface area contributed by atoms with Crippen LogP contribution in [0.25, 0.3) is 0 Å². The lowest BCUT2D eigenvalue weighted by molar-refractivity contribution is -0.134. The third-order valence-corrected chi connectivity index (χ3v) is 7.69. The van der Waals surface area contributed by atoms with Crippen LogP contribution in [-0.4, -0.2) is 49.0 Å². The van der Waals surface area contributed by atoms with Crippen molar-refractivity contribution in [3.05, 3.63) is 65.2 Å². The first-order valence-electron chi connectivity index (χ1n) is 12.7. The van der Waals surface area contributed by atoms with Crippen LogP contribution in [0.4, 0.5) is 0 Å². The van der Waals surface area contributed by atoms with Crippen molar-refractivity contribution in [3.8, 4) is 5.75 Å². The molecule has 1 amide bonds. The van der Waals surface area contributed by atoms with E-state index >= 15 is 0 Å². The van der Waals surface area contributed by atoms with Gasteiger partial charge >= 0.3 is 0 Å². The first-order chi connectivity index (χ1) is 15.9. The van der Waals surface area contributed by atoms with E-state index in [2.05, 4.69) is 55.1 Å². The number of hydrogen-bond acceptors (Lipinski definition) is 3. The summed E-state index contributed by atoms with van der Waals surface area (Å²) >= 11 is 0. The monoisotopic (exact) mass is 448 g/mol. The lowest BCUT2D eigenvalue weighted by Gasteiger charge is -2.44. The minimum absolute atomic E-state index is 0.0809. The Morgan fingerprint density at radius 2 is 1.70 bits per heavy atom. The summed E-state index contributed by atoms with van der Waals surface area (Å²) in [4.78, 5) is 17.3. The number of aryl methyl sites for hydroxylation is 1. The van der Waals surface area contributed by atoms with Gasteiger partial charge in [-0.1, -0.05) is 62.7 Å². The van der Waals surface area contributed by atoms with E-state index in [1.54, 1.807) is 0 Å². The van der Waals surface area contributed by atoms with Crippen LogP contribution in [0.15, 0.2) is 48.5 Å². The lowest BCUT2D eigenvalue weighted by atomic mass is 9.73. The van der Waals surface area contributed by atoms with E-state index in [-0.39, 0.29) is 17.9 Å². The third kappa shape index (κ3) is 6.17. The van der Waals surface area contributed by atoms with E-state index in [1.165, 1.54) is 36.0 Å². The first kappa shape index (κ1) is 23.8. The van der Waals surface area contributed by atoms with Crippen LogP contribution in [0.3, 0.4) is 0 Å². The second-order valence-electron chi connectivity index (χ2n) is 10.5. The molecule has 4 heteroatoms. The SMILES string of the molecule is CC(C)c1ccc(CN2CCC3(CCCCc4ccccc4OCC(=O)N(C)C3)CC2)cc1. The second-order valence-corrected chi connectivity index (χ2v) is 10.5. The molecule has 178 valence electrons. The number of benzene rings is 2. The van der Waals surface area contributed by atoms with Gasteiger partial charge in [0.05, 0.1) is 0 Å². The Hall–Kier alpha value is -2.33. The van der Waals surface area contributed by atoms with Gasteiger partial charge in [0.25, 0.3) is 5.91 Å². The summed E-state index contributed by atoms with van der Waals surface area (Å²) in [6.07, 6.45) is 6.91. The first-order valence-corrected chi connectivity index (χ1v) is 12.7. The van der Waals surface area contributed by atoms with Gasteiger partial charge in [0.15, 0.2) is 6.61 Å². The summed E-state index contributed by atoms with van der Waals surface area (Å²) in [5, 5.41) is 0. The van der Waals surface area contributed by atoms with Crippen molar-refractivity contribution >= 4 is 5.91 Å². The molecule has 2 aromatic carbocycles. The minimum atomic E-state index is 0.0809. The maximum Gasteiger partial charge on any atom is 0.260 e. The van der Waals surface area contributed by atoms with Crippen molar-refractivity contribution in [2.45, 2.75) is 64.8 Å². The highest BCUT2D eigenvalue weighted by atomic mass is 16.5. The number of nitrogens with zero attached hydrogens (tertiary/aromatic N) is 2. The van der Waals surface area contributed by atoms with Crippen LogP contribution in [-0.2, 0) is 17.8 Å². The molecular weight excluding hydrogens is 408 g/mol. The van der Waals surface area contributed by atoms with Crippen LogP contribution < -0.4 is 4.74 Å². The molecule has 0 aromatic heterocycles. The fourth-order valence-electron chi connectivity index (χ4n) is 5.45. The Labute approximate surface area is 199 Å². The molecule has 0 aliphatic carbocycles. The smallest absolute Gasteiger partial charge is 0.260 e. The van der Waals surface area contributed by atoms with Gasteiger partial charge in [-0.3, -0.25) is 9.69 Å². The summed E-state index contributed by atoms with van der Waals surface area (Å²) in [5.74, 6) is 1.52. The van der Waals surface area contributed by atoms with E-state index in [9.17, 15) is 4.79 Å². The number of likely N-dealkylation sites (N-methyl/N-ethyl adjacent to an activating group) is 1. The standard InChI is InChI=1S/C29H40N2O2/c1-23(2)25-13-11-24(12-14-25)20-31-18-16-29(17-19-31)15-7-6-9-26-8-4-5-10-27(26)33-21-28(32)30(3)22-29/h4-5,8,10-14,23H,6-7,9,15-22H2,1-3H3. The van der Waals surface area contributed by atoms with E-state index < -0.39 is 0 Å². The normalized spacial score (nSPS) is 20.1. The van der Waals surface area contributed by atoms with Crippen molar-refractivity contribution in [1.82, 2.24) is 9.80 Å². The van der Waals surface area contributed by atoms with Gasteiger partial charge in [-0.05, 0) is 79.3 Å². The highest BCUT2D eigenvalue weighted by molar-refractivity contribution is 5.77. The minimum Gasteiger partial charge on any atom is -0.483 e. The molecule has 2 aliphatic rings. The number of carbonyl (C=O) groups is 1. The Kier molecular flexibility index (Phi) is 7.75. The topological polar surface area (TPSA) is 32.8 Å². The van der Waals surface area contributed by atoms with Crippen LogP contribution in [0.2, 0.25) is 0 Å². The van der Waals surface area contributed by atoms with Crippen molar-refractivity contribution in [1.29, 1.82) is 0 Å². The largest absolute Gasteiger partial charge is 0.483 e. The molecular formula is C29H40N2O2. The maximum atomic E-state index is 12.8. The maximum absolute atomic E-state index is 12.8. The zero-order chi connectivity index (χ0) is 23.3. The predicted molar refractivity (Wildman–Crippen MR) is 135 cm³/mol. The van der Waals surface area contributed by atoms with Crippen LogP contribution in [0, 0.1) is 5.41 Å². The summed E-state index contributed by atoms with van der Waals surface area (Å²) in [6.45, 7) is 8.69. The molecule has 0 unspecified atom stereocenters. The van der Waals surface area contributed by atoms with Gasteiger partial charge in [-0.15, -0.1) is 0 Å². The number of likely N-dealkylation sites (tertiary alicyclic amines) is 1. The van der Waals surface area contributed by atoms with Gasteiger partial charge < -0.3 is 9.64 Å². The number of fused-ring (bicyclic) bond motifs is 1. The van der Waals surface area contributed by atoms with Gasteiger partial charge in [0.2, 0.25) is 0 Å². The van der Waals surface area contributed by atoms with Crippen molar-refractivity contribution in [3.63, 3.8) is 0 Å². The Morgan fingerprint density at radius 1 is 0.970 bits per heavy atom. The highest BCUT2D eigenvalue weighted by Crippen LogP contribution is 2.38. The van der Waals surface area contributed by atoms with Gasteiger partial charge in [0, 0.05) is 20.1 Å². The lowest BCUT2D eigenvalue weighted by Crippen LogP contribution is -2.47. The number of carbonyl (C=O) groups excluding carboxylic acids is 1. The third-order valence-electron chi connectivity index (χ3n) is 7.69. The molecule has 0 N–H and O–H groups in total. The van der Waals surface area contributed by atoms with Gasteiger partial charge in [-0.2, -0.15) is 0 Å². The van der Waals surface area contributed by atoms with E-state index in [0.29, 0.717) is 5.92 Å². The summed E-state index contributed by atoms with van der Waals surface area (Å²) < 4.78 is 5.93. The van der Waals surface area contributed by atoms with E-state index in [1.807, 2.05) is 24.1 Å². The second kappa shape index (κ2) is 10.7. The van der Waals surface area contributed by atoms with Crippen molar-refractivity contribution in [2.75, 3.05) is 33.3 Å². The molecule has 4 nitrogen and oxygen atoms in total. The molecule has 33 heavy (non-hydrogen) atoms. The van der Waals surface area contributed by atoms with Gasteiger partial charge in [-0.25, -0.2) is 0 Å². The number of rotatable bonds is 3. The Morgan fingerprint density at radius 3 is 2.42 bits per heavy atom. The molecule has 2 heterocycles. The quantitative estimate of drug-likeness (QED) is 0.608. The molecule has 0 saturated carbocycles. The Bertz CT molecular complexity index is 913. The molecule has 0 radical (unpaired) electrons. The fourth-order valence-corrected chi connectivity index (χ4v) is 5.45. The average Bonchev–Trinajstić information content (AvgIpc) is 2.82. The molecule has 1 fully saturated rings. The van der Waals surface area contributed by atoms with Crippen LogP contribution >= 0.6 is 0 Å². The van der Waals surface area contributed by atoms with Crippen molar-refractivity contribution < 1.29 is 9.53 Å². The average molecular weight is 449 g/mol. The van der Waals surface area contributed by atoms with E-state index in [4.69, 9.17) is 4.74 Å². The molecule has 0 bridgehead atoms. The molecule has 2 aliphatic heterocycles. The zero-order valence-electron chi connectivity index (χ0n) is 20.7.